The molecule has 33 heavy (non-hydrogen) atoms. The standard InChI is InChI=1S/C28H32N2O3/c1-21-12-14-22(15-13-21)16-17-27(31)30(20-24-10-7-11-25(18-24)33-3)26(28(32)29-2)19-23-8-5-4-6-9-23/h4-15,18,26H,16-17,19-20H2,1-3H3,(H,29,32)/t26-/m0/s1. The zero-order valence-electron chi connectivity index (χ0n) is 19.6. The molecule has 0 aliphatic heterocycles. The van der Waals surface area contributed by atoms with Crippen molar-refractivity contribution in [2.24, 2.45) is 0 Å². The fourth-order valence-corrected chi connectivity index (χ4v) is 3.84. The van der Waals surface area contributed by atoms with Gasteiger partial charge in [-0.05, 0) is 42.2 Å². The van der Waals surface area contributed by atoms with Crippen LogP contribution in [0, 0.1) is 6.92 Å². The van der Waals surface area contributed by atoms with Crippen LogP contribution >= 0.6 is 0 Å². The van der Waals surface area contributed by atoms with E-state index in [0.717, 1.165) is 22.4 Å². The van der Waals surface area contributed by atoms with Crippen LogP contribution in [0.4, 0.5) is 0 Å². The Hall–Kier alpha value is -3.60. The van der Waals surface area contributed by atoms with E-state index >= 15 is 0 Å². The van der Waals surface area contributed by atoms with Gasteiger partial charge in [0.1, 0.15) is 11.8 Å². The van der Waals surface area contributed by atoms with Crippen molar-refractivity contribution >= 4 is 11.8 Å². The normalized spacial score (nSPS) is 11.5. The van der Waals surface area contributed by atoms with E-state index in [0.29, 0.717) is 25.8 Å². The minimum absolute atomic E-state index is 0.0528. The summed E-state index contributed by atoms with van der Waals surface area (Å²) in [5.74, 6) is 0.493. The van der Waals surface area contributed by atoms with Crippen molar-refractivity contribution < 1.29 is 14.3 Å². The summed E-state index contributed by atoms with van der Waals surface area (Å²) in [4.78, 5) is 28.2. The van der Waals surface area contributed by atoms with Gasteiger partial charge in [-0.3, -0.25) is 9.59 Å². The first kappa shape index (κ1) is 24.1. The number of hydrogen-bond donors (Lipinski definition) is 1. The molecule has 3 aromatic rings. The first-order valence-corrected chi connectivity index (χ1v) is 11.2. The molecule has 2 amide bonds. The van der Waals surface area contributed by atoms with Crippen molar-refractivity contribution in [2.45, 2.75) is 38.8 Å². The van der Waals surface area contributed by atoms with E-state index < -0.39 is 6.04 Å². The molecule has 0 aliphatic rings. The van der Waals surface area contributed by atoms with Gasteiger partial charge in [-0.2, -0.15) is 0 Å². The predicted octanol–water partition coefficient (Wildman–Crippen LogP) is 4.32. The lowest BCUT2D eigenvalue weighted by Gasteiger charge is -2.31. The Bertz CT molecular complexity index is 1050. The van der Waals surface area contributed by atoms with E-state index in [4.69, 9.17) is 4.74 Å². The second-order valence-corrected chi connectivity index (χ2v) is 8.18. The lowest BCUT2D eigenvalue weighted by molar-refractivity contribution is -0.141. The average Bonchev–Trinajstić information content (AvgIpc) is 2.86. The minimum atomic E-state index is -0.617. The number of nitrogens with one attached hydrogen (secondary N) is 1. The van der Waals surface area contributed by atoms with Crippen molar-refractivity contribution in [1.29, 1.82) is 0 Å². The third-order valence-electron chi connectivity index (χ3n) is 5.75. The molecule has 0 bridgehead atoms. The van der Waals surface area contributed by atoms with Gasteiger partial charge >= 0.3 is 0 Å². The highest BCUT2D eigenvalue weighted by Crippen LogP contribution is 2.19. The monoisotopic (exact) mass is 444 g/mol. The largest absolute Gasteiger partial charge is 0.497 e. The van der Waals surface area contributed by atoms with E-state index in [1.54, 1.807) is 19.1 Å². The van der Waals surface area contributed by atoms with Gasteiger partial charge in [0.2, 0.25) is 11.8 Å². The second-order valence-electron chi connectivity index (χ2n) is 8.18. The number of hydrogen-bond acceptors (Lipinski definition) is 3. The number of amides is 2. The van der Waals surface area contributed by atoms with E-state index in [1.807, 2.05) is 61.5 Å². The molecule has 0 aromatic heterocycles. The lowest BCUT2D eigenvalue weighted by atomic mass is 10.0. The highest BCUT2D eigenvalue weighted by molar-refractivity contribution is 5.88. The number of benzene rings is 3. The molecule has 3 rings (SSSR count). The molecular weight excluding hydrogens is 412 g/mol. The van der Waals surface area contributed by atoms with Crippen molar-refractivity contribution in [3.63, 3.8) is 0 Å². The van der Waals surface area contributed by atoms with Crippen LogP contribution in [-0.2, 0) is 29.0 Å². The first-order valence-electron chi connectivity index (χ1n) is 11.2. The van der Waals surface area contributed by atoms with Crippen LogP contribution < -0.4 is 10.1 Å². The molecule has 0 saturated carbocycles. The molecule has 0 saturated heterocycles. The smallest absolute Gasteiger partial charge is 0.242 e. The Morgan fingerprint density at radius 3 is 2.27 bits per heavy atom. The second kappa shape index (κ2) is 11.9. The van der Waals surface area contributed by atoms with Crippen LogP contribution in [0.1, 0.15) is 28.7 Å². The van der Waals surface area contributed by atoms with Gasteiger partial charge in [-0.15, -0.1) is 0 Å². The third kappa shape index (κ3) is 6.94. The van der Waals surface area contributed by atoms with Crippen molar-refractivity contribution in [2.75, 3.05) is 14.2 Å². The summed E-state index contributed by atoms with van der Waals surface area (Å²) in [5, 5.41) is 2.75. The van der Waals surface area contributed by atoms with E-state index in [2.05, 4.69) is 29.6 Å². The Morgan fingerprint density at radius 1 is 0.909 bits per heavy atom. The van der Waals surface area contributed by atoms with Gasteiger partial charge in [0.15, 0.2) is 0 Å². The van der Waals surface area contributed by atoms with Crippen molar-refractivity contribution in [3.8, 4) is 5.75 Å². The molecule has 1 atom stereocenters. The highest BCUT2D eigenvalue weighted by atomic mass is 16.5. The Balaban J connectivity index is 1.87. The number of rotatable bonds is 10. The predicted molar refractivity (Wildman–Crippen MR) is 131 cm³/mol. The zero-order chi connectivity index (χ0) is 23.6. The Kier molecular flexibility index (Phi) is 8.64. The van der Waals surface area contributed by atoms with Gasteiger partial charge in [-0.1, -0.05) is 72.3 Å². The van der Waals surface area contributed by atoms with Gasteiger partial charge in [0, 0.05) is 26.4 Å². The van der Waals surface area contributed by atoms with Crippen LogP contribution in [0.15, 0.2) is 78.9 Å². The van der Waals surface area contributed by atoms with Crippen LogP contribution in [0.25, 0.3) is 0 Å². The number of nitrogens with zero attached hydrogens (tertiary/aromatic N) is 1. The maximum absolute atomic E-state index is 13.5. The maximum atomic E-state index is 13.5. The van der Waals surface area contributed by atoms with Gasteiger partial charge in [-0.25, -0.2) is 0 Å². The number of carbonyl (C=O) groups is 2. The van der Waals surface area contributed by atoms with Crippen molar-refractivity contribution in [1.82, 2.24) is 10.2 Å². The summed E-state index contributed by atoms with van der Waals surface area (Å²) in [5.41, 5.74) is 4.22. The average molecular weight is 445 g/mol. The molecule has 3 aromatic carbocycles. The van der Waals surface area contributed by atoms with E-state index in [-0.39, 0.29) is 11.8 Å². The molecule has 5 heteroatoms. The van der Waals surface area contributed by atoms with E-state index in [1.165, 1.54) is 5.56 Å². The summed E-state index contributed by atoms with van der Waals surface area (Å²) in [6.07, 6.45) is 1.40. The maximum Gasteiger partial charge on any atom is 0.242 e. The van der Waals surface area contributed by atoms with Crippen molar-refractivity contribution in [3.05, 3.63) is 101 Å². The summed E-state index contributed by atoms with van der Waals surface area (Å²) < 4.78 is 5.35. The quantitative estimate of drug-likeness (QED) is 0.507. The summed E-state index contributed by atoms with van der Waals surface area (Å²) in [7, 11) is 3.23. The fraction of sp³-hybridized carbons (Fsp3) is 0.286. The number of ether oxygens (including phenoxy) is 1. The molecule has 172 valence electrons. The summed E-state index contributed by atoms with van der Waals surface area (Å²) in [6.45, 7) is 2.37. The molecule has 1 N–H and O–H groups in total. The van der Waals surface area contributed by atoms with Crippen LogP contribution in [0.5, 0.6) is 5.75 Å². The van der Waals surface area contributed by atoms with Gasteiger partial charge < -0.3 is 15.0 Å². The molecular formula is C28H32N2O3. The van der Waals surface area contributed by atoms with Gasteiger partial charge in [0.25, 0.3) is 0 Å². The molecule has 0 fully saturated rings. The molecule has 0 radical (unpaired) electrons. The van der Waals surface area contributed by atoms with Gasteiger partial charge in [0.05, 0.1) is 7.11 Å². The topological polar surface area (TPSA) is 58.6 Å². The zero-order valence-corrected chi connectivity index (χ0v) is 19.6. The fourth-order valence-electron chi connectivity index (χ4n) is 3.84. The SMILES string of the molecule is CNC(=O)[C@H](Cc1ccccc1)N(Cc1cccc(OC)c1)C(=O)CCc1ccc(C)cc1. The number of methoxy groups -OCH3 is 1. The Labute approximate surface area is 196 Å². The molecule has 5 nitrogen and oxygen atoms in total. The molecule has 0 unspecified atom stereocenters. The molecule has 0 heterocycles. The summed E-state index contributed by atoms with van der Waals surface area (Å²) >= 11 is 0. The number of carbonyl (C=O) groups excluding carboxylic acids is 2. The Morgan fingerprint density at radius 2 is 1.61 bits per heavy atom. The van der Waals surface area contributed by atoms with E-state index in [9.17, 15) is 9.59 Å². The highest BCUT2D eigenvalue weighted by Gasteiger charge is 2.29. The first-order chi connectivity index (χ1) is 16.0. The van der Waals surface area contributed by atoms with Crippen LogP contribution in [0.2, 0.25) is 0 Å². The van der Waals surface area contributed by atoms with Crippen LogP contribution in [-0.4, -0.2) is 36.9 Å². The lowest BCUT2D eigenvalue weighted by Crippen LogP contribution is -2.49. The number of likely N-dealkylation sites (N-methyl/N-ethyl adjacent to an activating group) is 1. The third-order valence-corrected chi connectivity index (χ3v) is 5.75. The summed E-state index contributed by atoms with van der Waals surface area (Å²) in [6, 6.07) is 25.0. The number of aryl methyl sites for hydroxylation is 2. The van der Waals surface area contributed by atoms with Crippen LogP contribution in [0.3, 0.4) is 0 Å². The molecule has 0 spiro atoms. The molecule has 0 aliphatic carbocycles. The minimum Gasteiger partial charge on any atom is -0.497 e.